The van der Waals surface area contributed by atoms with Crippen molar-refractivity contribution in [2.75, 3.05) is 0 Å². The second-order valence-electron chi connectivity index (χ2n) is 3.83. The molecule has 104 valence electrons. The van der Waals surface area contributed by atoms with Gasteiger partial charge in [-0.1, -0.05) is 35.3 Å². The van der Waals surface area contributed by atoms with E-state index >= 15 is 0 Å². The summed E-state index contributed by atoms with van der Waals surface area (Å²) in [7, 11) is 0. The van der Waals surface area contributed by atoms with E-state index in [9.17, 15) is 13.6 Å². The van der Waals surface area contributed by atoms with Gasteiger partial charge in [0.1, 0.15) is 5.75 Å². The monoisotopic (exact) mass is 316 g/mol. The lowest BCUT2D eigenvalue weighted by molar-refractivity contribution is -0.0501. The fraction of sp³-hybridized carbons (Fsp3) is 0.0714. The van der Waals surface area contributed by atoms with Gasteiger partial charge in [0.2, 0.25) is 0 Å². The van der Waals surface area contributed by atoms with Gasteiger partial charge in [-0.2, -0.15) is 8.78 Å². The maximum atomic E-state index is 12.3. The van der Waals surface area contributed by atoms with E-state index in [0.29, 0.717) is 5.02 Å². The first-order valence-electron chi connectivity index (χ1n) is 5.52. The highest BCUT2D eigenvalue weighted by Crippen LogP contribution is 2.28. The molecule has 20 heavy (non-hydrogen) atoms. The fourth-order valence-corrected chi connectivity index (χ4v) is 2.17. The van der Waals surface area contributed by atoms with E-state index < -0.39 is 12.4 Å². The van der Waals surface area contributed by atoms with Crippen LogP contribution in [0.25, 0.3) is 0 Å². The van der Waals surface area contributed by atoms with E-state index in [1.807, 2.05) is 0 Å². The topological polar surface area (TPSA) is 26.3 Å². The smallest absolute Gasteiger partial charge is 0.387 e. The number of rotatable bonds is 4. The number of carbonyl (C=O) groups excluding carboxylic acids is 1. The predicted molar refractivity (Wildman–Crippen MR) is 73.0 cm³/mol. The van der Waals surface area contributed by atoms with Gasteiger partial charge < -0.3 is 4.74 Å². The van der Waals surface area contributed by atoms with Crippen molar-refractivity contribution in [1.82, 2.24) is 0 Å². The summed E-state index contributed by atoms with van der Waals surface area (Å²) in [6.45, 7) is -3.01. The summed E-state index contributed by atoms with van der Waals surface area (Å²) < 4.78 is 29.0. The summed E-state index contributed by atoms with van der Waals surface area (Å²) in [5.41, 5.74) is 0.179. The van der Waals surface area contributed by atoms with Crippen LogP contribution >= 0.6 is 23.2 Å². The van der Waals surface area contributed by atoms with Crippen LogP contribution in [0.15, 0.2) is 42.5 Å². The molecule has 2 aromatic rings. The lowest BCUT2D eigenvalue weighted by Gasteiger charge is -2.10. The largest absolute Gasteiger partial charge is 0.434 e. The molecule has 6 heteroatoms. The molecule has 2 aromatic carbocycles. The number of halogens is 4. The molecule has 0 heterocycles. The average Bonchev–Trinajstić information content (AvgIpc) is 2.38. The van der Waals surface area contributed by atoms with Gasteiger partial charge in [0.25, 0.3) is 0 Å². The summed E-state index contributed by atoms with van der Waals surface area (Å²) >= 11 is 11.7. The third-order valence-electron chi connectivity index (χ3n) is 2.52. The molecule has 0 aliphatic rings. The van der Waals surface area contributed by atoms with E-state index in [1.165, 1.54) is 36.4 Å². The molecule has 0 N–H and O–H groups in total. The Bertz CT molecular complexity index is 645. The number of para-hydroxylation sites is 1. The maximum Gasteiger partial charge on any atom is 0.387 e. The Labute approximate surface area is 123 Å². The molecule has 0 unspecified atom stereocenters. The third-order valence-corrected chi connectivity index (χ3v) is 3.07. The van der Waals surface area contributed by atoms with Crippen LogP contribution in [0.4, 0.5) is 8.78 Å². The van der Waals surface area contributed by atoms with E-state index in [-0.39, 0.29) is 21.9 Å². The van der Waals surface area contributed by atoms with Gasteiger partial charge in [0.15, 0.2) is 5.78 Å². The highest BCUT2D eigenvalue weighted by molar-refractivity contribution is 6.37. The summed E-state index contributed by atoms with van der Waals surface area (Å²) in [5, 5.41) is 0.526. The van der Waals surface area contributed by atoms with Crippen molar-refractivity contribution in [1.29, 1.82) is 0 Å². The van der Waals surface area contributed by atoms with E-state index in [1.54, 1.807) is 6.07 Å². The molecule has 0 aliphatic carbocycles. The van der Waals surface area contributed by atoms with Gasteiger partial charge in [-0.3, -0.25) is 4.79 Å². The van der Waals surface area contributed by atoms with Gasteiger partial charge in [0.05, 0.1) is 10.6 Å². The van der Waals surface area contributed by atoms with Crippen molar-refractivity contribution < 1.29 is 18.3 Å². The molecule has 0 radical (unpaired) electrons. The van der Waals surface area contributed by atoms with Crippen LogP contribution in [-0.2, 0) is 0 Å². The number of hydrogen-bond donors (Lipinski definition) is 0. The molecule has 0 saturated heterocycles. The zero-order valence-corrected chi connectivity index (χ0v) is 11.5. The van der Waals surface area contributed by atoms with Crippen LogP contribution in [0.2, 0.25) is 10.0 Å². The molecular weight excluding hydrogens is 309 g/mol. The molecule has 0 aliphatic heterocycles. The first-order valence-corrected chi connectivity index (χ1v) is 6.28. The maximum absolute atomic E-state index is 12.3. The van der Waals surface area contributed by atoms with Crippen molar-refractivity contribution in [3.05, 3.63) is 63.6 Å². The molecule has 0 saturated carbocycles. The number of ketones is 1. The Morgan fingerprint density at radius 3 is 2.40 bits per heavy atom. The Hall–Kier alpha value is -1.65. The minimum Gasteiger partial charge on any atom is -0.434 e. The molecule has 0 bridgehead atoms. The van der Waals surface area contributed by atoms with Crippen molar-refractivity contribution in [2.24, 2.45) is 0 Å². The minimum atomic E-state index is -3.01. The van der Waals surface area contributed by atoms with Crippen molar-refractivity contribution in [3.8, 4) is 5.75 Å². The highest BCUT2D eigenvalue weighted by Gasteiger charge is 2.19. The van der Waals surface area contributed by atoms with Crippen LogP contribution in [-0.4, -0.2) is 12.4 Å². The van der Waals surface area contributed by atoms with Crippen LogP contribution in [0, 0.1) is 0 Å². The molecule has 0 spiro atoms. The molecule has 0 aromatic heterocycles. The third kappa shape index (κ3) is 3.26. The molecule has 2 nitrogen and oxygen atoms in total. The number of benzene rings is 2. The molecule has 2 rings (SSSR count). The van der Waals surface area contributed by atoms with Gasteiger partial charge in [-0.05, 0) is 30.3 Å². The summed E-state index contributed by atoms with van der Waals surface area (Å²) in [4.78, 5) is 12.3. The van der Waals surface area contributed by atoms with E-state index in [0.717, 1.165) is 0 Å². The lowest BCUT2D eigenvalue weighted by Crippen LogP contribution is -2.09. The second-order valence-corrected chi connectivity index (χ2v) is 4.67. The van der Waals surface area contributed by atoms with Crippen molar-refractivity contribution in [2.45, 2.75) is 6.61 Å². The Balaban J connectivity index is 2.43. The highest BCUT2D eigenvalue weighted by atomic mass is 35.5. The number of ether oxygens (including phenoxy) is 1. The summed E-state index contributed by atoms with van der Waals surface area (Å²) in [6.07, 6.45) is 0. The SMILES string of the molecule is O=C(c1ccc(Cl)cc1Cl)c1ccccc1OC(F)F. The van der Waals surface area contributed by atoms with E-state index in [2.05, 4.69) is 4.74 Å². The zero-order valence-electron chi connectivity index (χ0n) is 9.95. The Morgan fingerprint density at radius 1 is 1.05 bits per heavy atom. The first kappa shape index (κ1) is 14.8. The van der Waals surface area contributed by atoms with Gasteiger partial charge >= 0.3 is 6.61 Å². The fourth-order valence-electron chi connectivity index (χ4n) is 1.67. The first-order chi connectivity index (χ1) is 9.49. The summed E-state index contributed by atoms with van der Waals surface area (Å²) in [5.74, 6) is -0.707. The Morgan fingerprint density at radius 2 is 1.75 bits per heavy atom. The predicted octanol–water partition coefficient (Wildman–Crippen LogP) is 4.83. The van der Waals surface area contributed by atoms with Gasteiger partial charge in [-0.25, -0.2) is 0 Å². The van der Waals surface area contributed by atoms with Crippen molar-refractivity contribution >= 4 is 29.0 Å². The van der Waals surface area contributed by atoms with E-state index in [4.69, 9.17) is 23.2 Å². The van der Waals surface area contributed by atoms with Crippen LogP contribution in [0.3, 0.4) is 0 Å². The standard InChI is InChI=1S/C14H8Cl2F2O2/c15-8-5-6-9(11(16)7-8)13(19)10-3-1-2-4-12(10)20-14(17)18/h1-7,14H. The zero-order chi connectivity index (χ0) is 14.7. The van der Waals surface area contributed by atoms with Crippen LogP contribution in [0.1, 0.15) is 15.9 Å². The van der Waals surface area contributed by atoms with Gasteiger partial charge in [0, 0.05) is 10.6 Å². The number of carbonyl (C=O) groups is 1. The molecule has 0 amide bonds. The quantitative estimate of drug-likeness (QED) is 0.755. The molecule has 0 fully saturated rings. The number of alkyl halides is 2. The minimum absolute atomic E-state index is 0.0111. The number of hydrogen-bond acceptors (Lipinski definition) is 2. The second kappa shape index (κ2) is 6.20. The molecular formula is C14H8Cl2F2O2. The lowest BCUT2D eigenvalue weighted by atomic mass is 10.0. The van der Waals surface area contributed by atoms with Crippen LogP contribution < -0.4 is 4.74 Å². The van der Waals surface area contributed by atoms with Crippen molar-refractivity contribution in [3.63, 3.8) is 0 Å². The van der Waals surface area contributed by atoms with Crippen LogP contribution in [0.5, 0.6) is 5.75 Å². The van der Waals surface area contributed by atoms with Gasteiger partial charge in [-0.15, -0.1) is 0 Å². The normalized spacial score (nSPS) is 10.7. The summed E-state index contributed by atoms with van der Waals surface area (Å²) in [6, 6.07) is 10.1. The Kier molecular flexibility index (Phi) is 4.57. The average molecular weight is 317 g/mol. The molecule has 0 atom stereocenters.